The van der Waals surface area contributed by atoms with Gasteiger partial charge in [-0.3, -0.25) is 9.59 Å². The number of hydrogen-bond acceptors (Lipinski definition) is 22. The molecule has 4 aromatic carbocycles. The van der Waals surface area contributed by atoms with Crippen LogP contribution in [0.1, 0.15) is 98.4 Å². The molecule has 0 unspecified atom stereocenters. The average Bonchev–Trinajstić information content (AvgIpc) is 1.08. The molecule has 10 N–H and O–H groups in total. The Morgan fingerprint density at radius 3 is 1.27 bits per heavy atom. The number of phenolic OH excluding ortho intramolecular Hbond substituents is 2. The topological polar surface area (TPSA) is 406 Å². The number of nitrogens with one attached hydrogen (secondary N) is 2. The summed E-state index contributed by atoms with van der Waals surface area (Å²) < 4.78 is 55.6. The maximum Gasteiger partial charge on any atom is 2.00 e. The first-order valence-electron chi connectivity index (χ1n) is 27.4. The Morgan fingerprint density at radius 2 is 0.955 bits per heavy atom. The molecule has 26 nitrogen and oxygen atoms in total. The third-order valence-electron chi connectivity index (χ3n) is 14.6. The summed E-state index contributed by atoms with van der Waals surface area (Å²) in [6.07, 6.45) is -7.77. The summed E-state index contributed by atoms with van der Waals surface area (Å²) in [6.45, 7) is 17.3. The fraction of sp³-hybridized carbons (Fsp3) is 0.387. The van der Waals surface area contributed by atoms with E-state index in [2.05, 4.69) is 10.6 Å². The second kappa shape index (κ2) is 28.7. The van der Waals surface area contributed by atoms with Crippen LogP contribution >= 0.6 is 0 Å². The molecule has 8 rings (SSSR count). The Labute approximate surface area is 539 Å². The van der Waals surface area contributed by atoms with Crippen LogP contribution in [0, 0.1) is 13.8 Å². The van der Waals surface area contributed by atoms with Crippen molar-refractivity contribution in [1.82, 2.24) is 0 Å². The summed E-state index contributed by atoms with van der Waals surface area (Å²) >= 11 is 0. The number of methoxy groups -OCH3 is 2. The van der Waals surface area contributed by atoms with Crippen LogP contribution < -0.4 is 53.0 Å². The molecule has 0 saturated carbocycles. The molecule has 27 heteroatoms. The van der Waals surface area contributed by atoms with Gasteiger partial charge in [-0.25, -0.2) is 19.2 Å². The zero-order valence-electron chi connectivity index (χ0n) is 51.0. The minimum atomic E-state index is -1.53. The van der Waals surface area contributed by atoms with Gasteiger partial charge >= 0.3 is 61.2 Å². The standard InChI is InChI=1S/2C31H36N2O11.Ca/c2*1-14(2)7-8-16-13-17(9-11-19(16)34)27(37)33-21-22(35)18-10-12-20(15(3)24(18)42-28(21)38)41-29-23(36)25(43-30(32)39)26(40-6)31(4,5)44-29;/h2*7,9-13,23,25-26,29,34-36H,8H2,1-6H3,(H2,32,39)(H,33,37);/q;;+2/p-2/t2*23-,25+,26-,29-;/m11./s1. The molecule has 472 valence electrons. The second-order valence-corrected chi connectivity index (χ2v) is 22.4. The van der Waals surface area contributed by atoms with Gasteiger partial charge in [-0.15, -0.1) is 0 Å². The van der Waals surface area contributed by atoms with Crippen LogP contribution in [0.25, 0.3) is 21.9 Å². The van der Waals surface area contributed by atoms with E-state index >= 15 is 0 Å². The molecule has 2 aromatic heterocycles. The molecular weight excluding hydrogens is 1190 g/mol. The molecule has 0 bridgehead atoms. The molecule has 6 aromatic rings. The maximum absolute atomic E-state index is 13.3. The number of ether oxygens (including phenoxy) is 8. The summed E-state index contributed by atoms with van der Waals surface area (Å²) in [6, 6.07) is 13.9. The van der Waals surface area contributed by atoms with Gasteiger partial charge in [0, 0.05) is 47.2 Å². The summed E-state index contributed by atoms with van der Waals surface area (Å²) in [5, 5.41) is 73.4. The Bertz CT molecular complexity index is 3600. The van der Waals surface area contributed by atoms with Gasteiger partial charge in [0.2, 0.25) is 12.6 Å². The molecule has 2 saturated heterocycles. The van der Waals surface area contributed by atoms with Gasteiger partial charge in [0.1, 0.15) is 57.7 Å². The van der Waals surface area contributed by atoms with Gasteiger partial charge in [-0.1, -0.05) is 34.8 Å². The van der Waals surface area contributed by atoms with Crippen molar-refractivity contribution in [2.75, 3.05) is 24.9 Å². The number of phenols is 2. The van der Waals surface area contributed by atoms with Crippen molar-refractivity contribution >= 4 is 95.1 Å². The van der Waals surface area contributed by atoms with E-state index in [0.29, 0.717) is 24.0 Å². The number of aromatic hydroxyl groups is 2. The minimum absolute atomic E-state index is 0. The molecule has 2 aliphatic rings. The number of fused-ring (bicyclic) bond motifs is 2. The molecule has 4 heterocycles. The van der Waals surface area contributed by atoms with Gasteiger partial charge in [0.15, 0.2) is 24.4 Å². The Kier molecular flexibility index (Phi) is 22.6. The van der Waals surface area contributed by atoms with Crippen molar-refractivity contribution in [3.8, 4) is 34.5 Å². The molecule has 2 aliphatic heterocycles. The van der Waals surface area contributed by atoms with Crippen LogP contribution in [0.5, 0.6) is 34.5 Å². The molecule has 89 heavy (non-hydrogen) atoms. The number of amides is 4. The number of hydrogen-bond donors (Lipinski definition) is 8. The number of primary amides is 2. The van der Waals surface area contributed by atoms with E-state index < -0.39 is 119 Å². The van der Waals surface area contributed by atoms with Crippen LogP contribution in [0.15, 0.2) is 102 Å². The first kappa shape index (κ1) is 70.2. The fourth-order valence-electron chi connectivity index (χ4n) is 10.1. The normalized spacial score (nSPS) is 20.7. The van der Waals surface area contributed by atoms with Gasteiger partial charge in [-0.05, 0) is 154 Å². The van der Waals surface area contributed by atoms with Crippen molar-refractivity contribution in [1.29, 1.82) is 0 Å². The van der Waals surface area contributed by atoms with Crippen LogP contribution in [0.4, 0.5) is 21.0 Å². The van der Waals surface area contributed by atoms with Crippen molar-refractivity contribution < 1.29 is 96.5 Å². The van der Waals surface area contributed by atoms with Crippen molar-refractivity contribution in [2.24, 2.45) is 11.5 Å². The number of benzene rings is 4. The number of aliphatic hydroxyl groups excluding tert-OH is 2. The molecular formula is C62H70CaN4O22. The van der Waals surface area contributed by atoms with E-state index in [1.54, 1.807) is 27.7 Å². The zero-order valence-corrected chi connectivity index (χ0v) is 53.2. The maximum atomic E-state index is 13.3. The largest absolute Gasteiger partial charge is 2.00 e. The van der Waals surface area contributed by atoms with E-state index in [9.17, 15) is 59.4 Å². The number of aryl methyl sites for hydroxylation is 2. The predicted octanol–water partition coefficient (Wildman–Crippen LogP) is 5.61. The number of rotatable bonds is 16. The quantitative estimate of drug-likeness (QED) is 0.0331. The number of aliphatic hydroxyl groups is 2. The molecule has 0 aliphatic carbocycles. The SMILES string of the molecule is CO[C@@H]1[C@@H](OC(N)=O)[C@@H](O)[C@H](Oc2ccc3c([O-])c(NC(=O)c4ccc(O)c(CC=C(C)C)c4)c(=O)oc3c2C)OC1(C)C.CO[C@@H]1[C@@H](OC(N)=O)[C@@H](O)[C@H](Oc2ccc3c([O-])c(NC(=O)c4ccc(O)c(CC=C(C)C)c4)c(=O)oc3c2C)OC1(C)C.[Ca+2]. The molecule has 0 spiro atoms. The molecule has 4 amide bonds. The smallest absolute Gasteiger partial charge is 0.870 e. The van der Waals surface area contributed by atoms with Crippen LogP contribution in [0.2, 0.25) is 0 Å². The van der Waals surface area contributed by atoms with E-state index in [1.165, 1.54) is 88.7 Å². The summed E-state index contributed by atoms with van der Waals surface area (Å²) in [5.41, 5.74) is 8.39. The van der Waals surface area contributed by atoms with E-state index in [-0.39, 0.29) is 105 Å². The third kappa shape index (κ3) is 15.7. The molecule has 2 fully saturated rings. The van der Waals surface area contributed by atoms with Crippen LogP contribution in [-0.2, 0) is 41.3 Å². The first-order chi connectivity index (χ1) is 41.3. The third-order valence-corrected chi connectivity index (χ3v) is 14.6. The van der Waals surface area contributed by atoms with Crippen LogP contribution in [-0.4, -0.2) is 157 Å². The first-order valence-corrected chi connectivity index (χ1v) is 27.4. The monoisotopic (exact) mass is 1260 g/mol. The Morgan fingerprint density at radius 1 is 0.607 bits per heavy atom. The van der Waals surface area contributed by atoms with E-state index in [1.807, 2.05) is 39.8 Å². The van der Waals surface area contributed by atoms with Crippen LogP contribution in [0.3, 0.4) is 0 Å². The number of nitrogens with two attached hydrogens (primary N) is 2. The van der Waals surface area contributed by atoms with E-state index in [4.69, 9.17) is 58.2 Å². The number of allylic oxidation sites excluding steroid dienone is 4. The predicted molar refractivity (Wildman–Crippen MR) is 319 cm³/mol. The molecule has 8 atom stereocenters. The Balaban J connectivity index is 0.000000281. The van der Waals surface area contributed by atoms with Crippen molar-refractivity contribution in [3.63, 3.8) is 0 Å². The number of carbonyl (C=O) groups excluding carboxylic acids is 4. The summed E-state index contributed by atoms with van der Waals surface area (Å²) in [5.74, 6) is -2.84. The number of anilines is 2. The Hall–Kier alpha value is -7.92. The minimum Gasteiger partial charge on any atom is -0.870 e. The fourth-order valence-corrected chi connectivity index (χ4v) is 10.1. The zero-order chi connectivity index (χ0) is 65.0. The van der Waals surface area contributed by atoms with Gasteiger partial charge < -0.3 is 99.5 Å². The van der Waals surface area contributed by atoms with Gasteiger partial charge in [-0.2, -0.15) is 0 Å². The van der Waals surface area contributed by atoms with E-state index in [0.717, 1.165) is 11.1 Å². The summed E-state index contributed by atoms with van der Waals surface area (Å²) in [7, 11) is 2.73. The van der Waals surface area contributed by atoms with Gasteiger partial charge in [0.25, 0.3) is 11.8 Å². The van der Waals surface area contributed by atoms with Crippen molar-refractivity contribution in [2.45, 2.75) is 142 Å². The average molecular weight is 1260 g/mol. The summed E-state index contributed by atoms with van der Waals surface area (Å²) in [4.78, 5) is 74.8. The molecule has 0 radical (unpaired) electrons. The van der Waals surface area contributed by atoms with Gasteiger partial charge in [0.05, 0.1) is 11.2 Å². The second-order valence-electron chi connectivity index (χ2n) is 22.4. The van der Waals surface area contributed by atoms with Crippen molar-refractivity contribution in [3.05, 3.63) is 138 Å². The number of carbonyl (C=O) groups is 4.